The molecule has 0 saturated heterocycles. The molecule has 0 unspecified atom stereocenters. The molecule has 1 aromatic carbocycles. The van der Waals surface area contributed by atoms with E-state index in [4.69, 9.17) is 0 Å². The second-order valence-electron chi connectivity index (χ2n) is 3.43. The number of hydrogen-bond acceptors (Lipinski definition) is 1. The van der Waals surface area contributed by atoms with Crippen LogP contribution in [0, 0.1) is 0 Å². The quantitative estimate of drug-likeness (QED) is 0.884. The van der Waals surface area contributed by atoms with Crippen LogP contribution in [-0.2, 0) is 11.2 Å². The smallest absolute Gasteiger partial charge is 0.217 e. The van der Waals surface area contributed by atoms with Gasteiger partial charge in [-0.2, -0.15) is 0 Å². The molecule has 1 atom stereocenters. The third-order valence-electron chi connectivity index (χ3n) is 1.90. The van der Waals surface area contributed by atoms with Crippen molar-refractivity contribution in [2.75, 3.05) is 0 Å². The molecule has 0 heterocycles. The van der Waals surface area contributed by atoms with E-state index in [1.165, 1.54) is 12.5 Å². The molecule has 1 aromatic rings. The Morgan fingerprint density at radius 1 is 1.43 bits per heavy atom. The summed E-state index contributed by atoms with van der Waals surface area (Å²) in [5.74, 6) is 0.0228. The highest BCUT2D eigenvalue weighted by atomic mass is 79.9. The first-order valence-corrected chi connectivity index (χ1v) is 5.39. The number of rotatable bonds is 3. The summed E-state index contributed by atoms with van der Waals surface area (Å²) in [5, 5.41) is 2.86. The third kappa shape index (κ3) is 3.92. The maximum absolute atomic E-state index is 10.8. The fraction of sp³-hybridized carbons (Fsp3) is 0.364. The fourth-order valence-electron chi connectivity index (χ4n) is 1.37. The van der Waals surface area contributed by atoms with Crippen molar-refractivity contribution in [2.45, 2.75) is 26.3 Å². The Morgan fingerprint density at radius 2 is 2.00 bits per heavy atom. The van der Waals surface area contributed by atoms with Crippen LogP contribution in [0.2, 0.25) is 0 Å². The molecule has 0 aliphatic carbocycles. The van der Waals surface area contributed by atoms with E-state index in [1.54, 1.807) is 0 Å². The maximum atomic E-state index is 10.8. The van der Waals surface area contributed by atoms with Gasteiger partial charge in [-0.15, -0.1) is 0 Å². The van der Waals surface area contributed by atoms with Gasteiger partial charge in [-0.3, -0.25) is 4.79 Å². The van der Waals surface area contributed by atoms with Crippen molar-refractivity contribution < 1.29 is 4.79 Å². The number of benzene rings is 1. The highest BCUT2D eigenvalue weighted by molar-refractivity contribution is 9.10. The van der Waals surface area contributed by atoms with Crippen molar-refractivity contribution in [3.05, 3.63) is 34.3 Å². The van der Waals surface area contributed by atoms with E-state index < -0.39 is 0 Å². The van der Waals surface area contributed by atoms with Crippen molar-refractivity contribution in [3.63, 3.8) is 0 Å². The second kappa shape index (κ2) is 5.15. The summed E-state index contributed by atoms with van der Waals surface area (Å²) in [6.07, 6.45) is 0.868. The van der Waals surface area contributed by atoms with Gasteiger partial charge < -0.3 is 5.32 Å². The molecule has 76 valence electrons. The standard InChI is InChI=1S/C11H14BrNO/c1-8(13-9(2)14)7-10-3-5-11(12)6-4-10/h3-6,8H,7H2,1-2H3,(H,13,14)/t8-/m0/s1. The molecule has 0 spiro atoms. The lowest BCUT2D eigenvalue weighted by molar-refractivity contribution is -0.119. The van der Waals surface area contributed by atoms with Crippen LogP contribution >= 0.6 is 15.9 Å². The Labute approximate surface area is 92.8 Å². The number of amides is 1. The average Bonchev–Trinajstić information content (AvgIpc) is 2.07. The molecule has 1 rings (SSSR count). The van der Waals surface area contributed by atoms with Gasteiger partial charge in [0.25, 0.3) is 0 Å². The van der Waals surface area contributed by atoms with Gasteiger partial charge in [-0.1, -0.05) is 28.1 Å². The zero-order valence-corrected chi connectivity index (χ0v) is 9.97. The topological polar surface area (TPSA) is 29.1 Å². The highest BCUT2D eigenvalue weighted by Crippen LogP contribution is 2.11. The first kappa shape index (κ1) is 11.2. The number of hydrogen-bond donors (Lipinski definition) is 1. The Balaban J connectivity index is 2.51. The summed E-state index contributed by atoms with van der Waals surface area (Å²) in [7, 11) is 0. The minimum atomic E-state index is 0.0228. The van der Waals surface area contributed by atoms with Crippen molar-refractivity contribution >= 4 is 21.8 Å². The van der Waals surface area contributed by atoms with Crippen LogP contribution < -0.4 is 5.32 Å². The first-order chi connectivity index (χ1) is 6.58. The maximum Gasteiger partial charge on any atom is 0.217 e. The molecule has 0 aromatic heterocycles. The highest BCUT2D eigenvalue weighted by Gasteiger charge is 2.03. The number of carbonyl (C=O) groups excluding carboxylic acids is 1. The van der Waals surface area contributed by atoms with E-state index in [-0.39, 0.29) is 11.9 Å². The van der Waals surface area contributed by atoms with Crippen LogP contribution in [0.25, 0.3) is 0 Å². The molecule has 3 heteroatoms. The molecular weight excluding hydrogens is 242 g/mol. The molecule has 2 nitrogen and oxygen atoms in total. The summed E-state index contributed by atoms with van der Waals surface area (Å²) < 4.78 is 1.08. The van der Waals surface area contributed by atoms with Gasteiger partial charge in [0.15, 0.2) is 0 Å². The molecule has 1 N–H and O–H groups in total. The fourth-order valence-corrected chi connectivity index (χ4v) is 1.64. The van der Waals surface area contributed by atoms with Gasteiger partial charge in [-0.05, 0) is 31.0 Å². The van der Waals surface area contributed by atoms with Crippen molar-refractivity contribution in [3.8, 4) is 0 Å². The first-order valence-electron chi connectivity index (χ1n) is 4.59. The van der Waals surface area contributed by atoms with Crippen LogP contribution in [0.3, 0.4) is 0 Å². The SMILES string of the molecule is CC(=O)N[C@@H](C)Cc1ccc(Br)cc1. The summed E-state index contributed by atoms with van der Waals surface area (Å²) in [4.78, 5) is 10.8. The minimum absolute atomic E-state index is 0.0228. The zero-order chi connectivity index (χ0) is 10.6. The lowest BCUT2D eigenvalue weighted by Gasteiger charge is -2.12. The van der Waals surface area contributed by atoms with Crippen molar-refractivity contribution in [1.29, 1.82) is 0 Å². The predicted molar refractivity (Wildman–Crippen MR) is 61.1 cm³/mol. The second-order valence-corrected chi connectivity index (χ2v) is 4.35. The van der Waals surface area contributed by atoms with E-state index >= 15 is 0 Å². The van der Waals surface area contributed by atoms with Crippen LogP contribution in [0.15, 0.2) is 28.7 Å². The largest absolute Gasteiger partial charge is 0.354 e. The lowest BCUT2D eigenvalue weighted by Crippen LogP contribution is -2.31. The normalized spacial score (nSPS) is 12.2. The minimum Gasteiger partial charge on any atom is -0.354 e. The lowest BCUT2D eigenvalue weighted by atomic mass is 10.1. The number of carbonyl (C=O) groups is 1. The van der Waals surface area contributed by atoms with Gasteiger partial charge in [0.2, 0.25) is 5.91 Å². The monoisotopic (exact) mass is 255 g/mol. The zero-order valence-electron chi connectivity index (χ0n) is 8.38. The molecule has 0 fully saturated rings. The van der Waals surface area contributed by atoms with Gasteiger partial charge in [0.05, 0.1) is 0 Å². The Hall–Kier alpha value is -0.830. The number of nitrogens with one attached hydrogen (secondary N) is 1. The molecular formula is C11H14BrNO. The van der Waals surface area contributed by atoms with Crippen molar-refractivity contribution in [2.24, 2.45) is 0 Å². The summed E-state index contributed by atoms with van der Waals surface area (Å²) in [6, 6.07) is 8.32. The summed E-state index contributed by atoms with van der Waals surface area (Å²) in [5.41, 5.74) is 1.23. The molecule has 0 radical (unpaired) electrons. The molecule has 0 saturated carbocycles. The van der Waals surface area contributed by atoms with Gasteiger partial charge in [-0.25, -0.2) is 0 Å². The van der Waals surface area contributed by atoms with Crippen LogP contribution in [0.4, 0.5) is 0 Å². The predicted octanol–water partition coefficient (Wildman–Crippen LogP) is 2.52. The van der Waals surface area contributed by atoms with E-state index in [0.29, 0.717) is 0 Å². The summed E-state index contributed by atoms with van der Waals surface area (Å²) in [6.45, 7) is 3.54. The van der Waals surface area contributed by atoms with E-state index in [2.05, 4.69) is 33.4 Å². The van der Waals surface area contributed by atoms with E-state index in [9.17, 15) is 4.79 Å². The molecule has 1 amide bonds. The van der Waals surface area contributed by atoms with Crippen LogP contribution in [-0.4, -0.2) is 11.9 Å². The van der Waals surface area contributed by atoms with E-state index in [0.717, 1.165) is 10.9 Å². The van der Waals surface area contributed by atoms with E-state index in [1.807, 2.05) is 19.1 Å². The Kier molecular flexibility index (Phi) is 4.14. The van der Waals surface area contributed by atoms with Crippen molar-refractivity contribution in [1.82, 2.24) is 5.32 Å². The Bertz CT molecular complexity index is 308. The molecule has 0 bridgehead atoms. The molecule has 14 heavy (non-hydrogen) atoms. The van der Waals surface area contributed by atoms with Gasteiger partial charge in [0, 0.05) is 17.4 Å². The average molecular weight is 256 g/mol. The summed E-state index contributed by atoms with van der Waals surface area (Å²) >= 11 is 3.38. The van der Waals surface area contributed by atoms with Gasteiger partial charge >= 0.3 is 0 Å². The molecule has 0 aliphatic rings. The van der Waals surface area contributed by atoms with Crippen LogP contribution in [0.5, 0.6) is 0 Å². The third-order valence-corrected chi connectivity index (χ3v) is 2.43. The van der Waals surface area contributed by atoms with Crippen LogP contribution in [0.1, 0.15) is 19.4 Å². The Morgan fingerprint density at radius 3 is 2.50 bits per heavy atom. The number of halogens is 1. The molecule has 0 aliphatic heterocycles. The van der Waals surface area contributed by atoms with Gasteiger partial charge in [0.1, 0.15) is 0 Å².